The standard InChI is InChI=1S/C44H51ClN10O7S/c1-51(63-60)34-10-4-3-9-32(34)47-40-31(45)27-46-44(50-40)48-33-13-12-29(26-37(33)61-2)53-19-16-28(17-20-53)54-23-21-52(22-24-54)18-5-6-25-62-36-11-7-8-30-39(36)43(59)55(42(30)58)35-14-15-38(56)49-41(35)57/h3-4,7-13,26-28,35,63H,5-6,14-25H2,1-2H3,(H,49,56,57)(H2,46,47,48,50). The third kappa shape index (κ3) is 9.73. The molecule has 0 bridgehead atoms. The number of carbonyl (C=O) groups excluding carboxylic acids is 4. The van der Waals surface area contributed by atoms with Crippen LogP contribution in [0.15, 0.2) is 66.9 Å². The molecule has 332 valence electrons. The summed E-state index contributed by atoms with van der Waals surface area (Å²) in [5.41, 5.74) is 3.61. The van der Waals surface area contributed by atoms with E-state index in [4.69, 9.17) is 21.1 Å². The van der Waals surface area contributed by atoms with Crippen LogP contribution in [-0.2, 0) is 21.4 Å². The summed E-state index contributed by atoms with van der Waals surface area (Å²) in [5, 5.41) is 9.08. The lowest BCUT2D eigenvalue weighted by molar-refractivity contribution is -0.136. The fraction of sp³-hybridized carbons (Fsp3) is 0.409. The summed E-state index contributed by atoms with van der Waals surface area (Å²) < 4.78 is 24.9. The predicted molar refractivity (Wildman–Crippen MR) is 242 cm³/mol. The van der Waals surface area contributed by atoms with E-state index in [1.54, 1.807) is 36.7 Å². The number of aromatic nitrogens is 2. The Morgan fingerprint density at radius 1 is 0.889 bits per heavy atom. The summed E-state index contributed by atoms with van der Waals surface area (Å²) in [6, 6.07) is 18.0. The first-order chi connectivity index (χ1) is 30.6. The molecule has 1 atom stereocenters. The van der Waals surface area contributed by atoms with Gasteiger partial charge in [-0.1, -0.05) is 29.8 Å². The third-order valence-corrected chi connectivity index (χ3v) is 12.8. The van der Waals surface area contributed by atoms with Crippen LogP contribution in [0.3, 0.4) is 0 Å². The molecule has 19 heteroatoms. The molecule has 0 radical (unpaired) electrons. The van der Waals surface area contributed by atoms with E-state index in [1.807, 2.05) is 36.4 Å². The van der Waals surface area contributed by atoms with Gasteiger partial charge in [-0.05, 0) is 75.0 Å². The van der Waals surface area contributed by atoms with Gasteiger partial charge in [-0.3, -0.25) is 38.6 Å². The van der Waals surface area contributed by atoms with Crippen molar-refractivity contribution in [3.05, 3.63) is 83.0 Å². The Morgan fingerprint density at radius 2 is 1.68 bits per heavy atom. The van der Waals surface area contributed by atoms with Crippen LogP contribution >= 0.6 is 11.6 Å². The Kier molecular flexibility index (Phi) is 13.7. The first-order valence-corrected chi connectivity index (χ1v) is 22.4. The van der Waals surface area contributed by atoms with Gasteiger partial charge in [0.15, 0.2) is 5.82 Å². The number of amides is 4. The van der Waals surface area contributed by atoms with Gasteiger partial charge >= 0.3 is 0 Å². The predicted octanol–water partition coefficient (Wildman–Crippen LogP) is 4.77. The van der Waals surface area contributed by atoms with Crippen molar-refractivity contribution in [3.8, 4) is 11.5 Å². The minimum Gasteiger partial charge on any atom is -0.494 e. The molecule has 3 fully saturated rings. The lowest BCUT2D eigenvalue weighted by atomic mass is 10.0. The molecule has 4 aromatic rings. The number of imide groups is 2. The average molecular weight is 899 g/mol. The van der Waals surface area contributed by atoms with Crippen LogP contribution in [-0.4, -0.2) is 131 Å². The SMILES string of the molecule is COc1cc(N2CCC(N3CCN(CCCCOc4cccc5c4C(=O)N(C4CCC(=O)NC4=O)C5=O)CC3)CC2)ccc1Nc1ncc(Cl)c(Nc2ccccc2N(C)[SH]=O)n1. The zero-order chi connectivity index (χ0) is 44.0. The number of ether oxygens (including phenoxy) is 2. The quantitative estimate of drug-likeness (QED) is 0.0686. The van der Waals surface area contributed by atoms with E-state index in [2.05, 4.69) is 46.7 Å². The Balaban J connectivity index is 0.768. The summed E-state index contributed by atoms with van der Waals surface area (Å²) >= 11 is 6.33. The Labute approximate surface area is 374 Å². The van der Waals surface area contributed by atoms with Crippen LogP contribution in [0.5, 0.6) is 11.5 Å². The molecule has 3 N–H and O–H groups in total. The molecular formula is C44H51ClN10O7S. The summed E-state index contributed by atoms with van der Waals surface area (Å²) in [4.78, 5) is 68.1. The number of piperazine rings is 1. The molecule has 0 saturated carbocycles. The molecule has 8 rings (SSSR count). The maximum absolute atomic E-state index is 13.4. The number of thiol groups is 1. The van der Waals surface area contributed by atoms with E-state index in [0.717, 1.165) is 87.8 Å². The smallest absolute Gasteiger partial charge is 0.266 e. The first-order valence-electron chi connectivity index (χ1n) is 21.2. The number of carbonyl (C=O) groups is 4. The number of hydrogen-bond acceptors (Lipinski definition) is 14. The fourth-order valence-corrected chi connectivity index (χ4v) is 9.11. The van der Waals surface area contributed by atoms with Crippen molar-refractivity contribution in [1.29, 1.82) is 0 Å². The zero-order valence-electron chi connectivity index (χ0n) is 35.2. The summed E-state index contributed by atoms with van der Waals surface area (Å²) in [6.07, 6.45) is 5.57. The van der Waals surface area contributed by atoms with Crippen LogP contribution in [0, 0.1) is 0 Å². The second-order valence-corrected chi connectivity index (χ2v) is 17.1. The molecule has 1 unspecified atom stereocenters. The minimum absolute atomic E-state index is 0.0713. The number of nitrogens with zero attached hydrogens (tertiary/aromatic N) is 7. The summed E-state index contributed by atoms with van der Waals surface area (Å²) in [5.74, 6) is -0.402. The van der Waals surface area contributed by atoms with Gasteiger partial charge in [0.2, 0.25) is 17.8 Å². The van der Waals surface area contributed by atoms with Crippen molar-refractivity contribution < 1.29 is 32.9 Å². The van der Waals surface area contributed by atoms with E-state index in [-0.39, 0.29) is 35.8 Å². The number of anilines is 6. The monoisotopic (exact) mass is 898 g/mol. The number of nitrogens with one attached hydrogen (secondary N) is 3. The van der Waals surface area contributed by atoms with E-state index < -0.39 is 29.7 Å². The molecule has 4 amide bonds. The van der Waals surface area contributed by atoms with Crippen LogP contribution in [0.1, 0.15) is 59.2 Å². The average Bonchev–Trinajstić information content (AvgIpc) is 3.56. The first kappa shape index (κ1) is 43.8. The van der Waals surface area contributed by atoms with Gasteiger partial charge in [-0.15, -0.1) is 0 Å². The largest absolute Gasteiger partial charge is 0.494 e. The van der Waals surface area contributed by atoms with Gasteiger partial charge in [0.05, 0.1) is 48.1 Å². The van der Waals surface area contributed by atoms with Gasteiger partial charge in [0.25, 0.3) is 11.8 Å². The van der Waals surface area contributed by atoms with Gasteiger partial charge in [0, 0.05) is 70.5 Å². The van der Waals surface area contributed by atoms with Gasteiger partial charge < -0.3 is 29.9 Å². The van der Waals surface area contributed by atoms with Crippen molar-refractivity contribution in [2.45, 2.75) is 50.6 Å². The lowest BCUT2D eigenvalue weighted by Crippen LogP contribution is -2.54. The third-order valence-electron chi connectivity index (χ3n) is 12.1. The van der Waals surface area contributed by atoms with Crippen molar-refractivity contribution in [2.75, 3.05) is 86.4 Å². The fourth-order valence-electron chi connectivity index (χ4n) is 8.71. The highest BCUT2D eigenvalue weighted by Crippen LogP contribution is 2.36. The van der Waals surface area contributed by atoms with Crippen LogP contribution in [0.4, 0.5) is 34.5 Å². The van der Waals surface area contributed by atoms with E-state index >= 15 is 0 Å². The highest BCUT2D eigenvalue weighted by atomic mass is 35.5. The van der Waals surface area contributed by atoms with Crippen LogP contribution < -0.4 is 34.6 Å². The lowest BCUT2D eigenvalue weighted by Gasteiger charge is -2.43. The number of unbranched alkanes of at least 4 members (excludes halogenated alkanes) is 1. The number of rotatable bonds is 16. The van der Waals surface area contributed by atoms with Crippen molar-refractivity contribution in [2.24, 2.45) is 0 Å². The molecule has 3 aromatic carbocycles. The number of methoxy groups -OCH3 is 1. The van der Waals surface area contributed by atoms with Crippen molar-refractivity contribution in [1.82, 2.24) is 30.0 Å². The second-order valence-electron chi connectivity index (χ2n) is 15.9. The van der Waals surface area contributed by atoms with Gasteiger partial charge in [-0.25, -0.2) is 9.19 Å². The molecule has 4 aliphatic heterocycles. The maximum Gasteiger partial charge on any atom is 0.266 e. The molecule has 63 heavy (non-hydrogen) atoms. The topological polar surface area (TPSA) is 182 Å². The Bertz CT molecular complexity index is 2380. The molecule has 0 spiro atoms. The molecule has 0 aliphatic carbocycles. The zero-order valence-corrected chi connectivity index (χ0v) is 36.9. The summed E-state index contributed by atoms with van der Waals surface area (Å²) in [6.45, 7) is 7.30. The number of fused-ring (bicyclic) bond motifs is 1. The number of benzene rings is 3. The minimum atomic E-state index is -1.01. The van der Waals surface area contributed by atoms with Gasteiger partial charge in [-0.2, -0.15) is 4.98 Å². The maximum atomic E-state index is 13.4. The summed E-state index contributed by atoms with van der Waals surface area (Å²) in [7, 11) is 3.36. The number of piperidine rings is 2. The molecule has 3 saturated heterocycles. The molecule has 1 aromatic heterocycles. The van der Waals surface area contributed by atoms with Crippen molar-refractivity contribution in [3.63, 3.8) is 0 Å². The normalized spacial score (nSPS) is 18.6. The second kappa shape index (κ2) is 19.7. The molecule has 5 heterocycles. The van der Waals surface area contributed by atoms with E-state index in [9.17, 15) is 23.4 Å². The van der Waals surface area contributed by atoms with Gasteiger partial charge in [0.1, 0.15) is 34.4 Å². The number of para-hydroxylation sites is 2. The van der Waals surface area contributed by atoms with E-state index in [1.165, 1.54) is 6.20 Å². The highest BCUT2D eigenvalue weighted by Gasteiger charge is 2.46. The molecule has 4 aliphatic rings. The highest BCUT2D eigenvalue weighted by molar-refractivity contribution is 7.67. The van der Waals surface area contributed by atoms with E-state index in [0.29, 0.717) is 52.3 Å². The molecule has 17 nitrogen and oxygen atoms in total. The van der Waals surface area contributed by atoms with Crippen molar-refractivity contribution >= 4 is 81.6 Å². The van der Waals surface area contributed by atoms with Crippen LogP contribution in [0.2, 0.25) is 5.02 Å². The molecular weight excluding hydrogens is 848 g/mol. The number of halogens is 1. The number of hydrogen-bond donors (Lipinski definition) is 4. The van der Waals surface area contributed by atoms with Crippen LogP contribution in [0.25, 0.3) is 0 Å². The Morgan fingerprint density at radius 3 is 2.44 bits per heavy atom. The Hall–Kier alpha value is -5.82.